The van der Waals surface area contributed by atoms with E-state index in [0.717, 1.165) is 0 Å². The number of nitrogens with one attached hydrogen (secondary N) is 1. The van der Waals surface area contributed by atoms with E-state index in [1.807, 2.05) is 5.43 Å². The molecule has 0 fully saturated rings. The smallest absolute Gasteiger partial charge is 0.339 e. The molecule has 0 saturated heterocycles. The number of ether oxygens (including phenoxy) is 1. The van der Waals surface area contributed by atoms with E-state index in [1.165, 1.54) is 31.5 Å². The molecule has 24 heavy (non-hydrogen) atoms. The first-order valence-corrected chi connectivity index (χ1v) is 8.10. The molecular weight excluding hydrogens is 334 g/mol. The van der Waals surface area contributed by atoms with Crippen LogP contribution < -0.4 is 20.1 Å². The molecule has 0 unspecified atom stereocenters. The largest absolute Gasteiger partial charge is 0.493 e. The first-order valence-electron chi connectivity index (χ1n) is 6.69. The highest BCUT2D eigenvalue weighted by Gasteiger charge is 2.21. The Hall–Kier alpha value is -3.07. The molecule has 2 rings (SSSR count). The van der Waals surface area contributed by atoms with Gasteiger partial charge in [0.1, 0.15) is 4.90 Å². The van der Waals surface area contributed by atoms with Gasteiger partial charge in [0, 0.05) is 5.56 Å². The van der Waals surface area contributed by atoms with E-state index in [1.54, 1.807) is 30.3 Å². The summed E-state index contributed by atoms with van der Waals surface area (Å²) in [5.74, 6) is 0.136. The molecule has 2 amide bonds. The van der Waals surface area contributed by atoms with Crippen molar-refractivity contribution in [1.82, 2.24) is 5.43 Å². The van der Waals surface area contributed by atoms with E-state index in [4.69, 9.17) is 14.7 Å². The minimum Gasteiger partial charge on any atom is -0.493 e. The minimum atomic E-state index is -4.06. The minimum absolute atomic E-state index is 0.00550. The molecule has 2 aromatic carbocycles. The van der Waals surface area contributed by atoms with Gasteiger partial charge >= 0.3 is 16.1 Å². The molecule has 2 aromatic rings. The lowest BCUT2D eigenvalue weighted by atomic mass is 10.2. The van der Waals surface area contributed by atoms with Crippen LogP contribution in [0, 0.1) is 0 Å². The number of hydrogen-bond acceptors (Lipinski definition) is 6. The van der Waals surface area contributed by atoms with E-state index in [9.17, 15) is 13.2 Å². The quantitative estimate of drug-likeness (QED) is 0.465. The summed E-state index contributed by atoms with van der Waals surface area (Å²) in [5, 5.41) is 3.60. The molecule has 9 heteroatoms. The molecule has 126 valence electrons. The maximum atomic E-state index is 12.4. The predicted octanol–water partition coefficient (Wildman–Crippen LogP) is 1.47. The Labute approximate surface area is 139 Å². The zero-order valence-corrected chi connectivity index (χ0v) is 13.5. The molecule has 8 nitrogen and oxygen atoms in total. The van der Waals surface area contributed by atoms with Gasteiger partial charge in [0.2, 0.25) is 0 Å². The normalized spacial score (nSPS) is 11.2. The van der Waals surface area contributed by atoms with E-state index >= 15 is 0 Å². The number of urea groups is 1. The van der Waals surface area contributed by atoms with Gasteiger partial charge in [-0.15, -0.1) is 0 Å². The van der Waals surface area contributed by atoms with Crippen LogP contribution >= 0.6 is 0 Å². The lowest BCUT2D eigenvalue weighted by molar-refractivity contribution is 0.249. The number of nitrogens with two attached hydrogens (primary N) is 1. The van der Waals surface area contributed by atoms with Crippen molar-refractivity contribution < 1.29 is 22.1 Å². The van der Waals surface area contributed by atoms with E-state index in [0.29, 0.717) is 0 Å². The molecule has 0 aliphatic heterocycles. The van der Waals surface area contributed by atoms with Gasteiger partial charge in [0.25, 0.3) is 0 Å². The summed E-state index contributed by atoms with van der Waals surface area (Å²) in [5.41, 5.74) is 7.21. The molecule has 0 saturated carbocycles. The van der Waals surface area contributed by atoms with Gasteiger partial charge in [0.05, 0.1) is 13.3 Å². The van der Waals surface area contributed by atoms with Gasteiger partial charge in [-0.1, -0.05) is 24.3 Å². The Bertz CT molecular complexity index is 851. The van der Waals surface area contributed by atoms with Crippen molar-refractivity contribution in [2.75, 3.05) is 7.11 Å². The van der Waals surface area contributed by atoms with Crippen LogP contribution in [0.4, 0.5) is 4.79 Å². The molecule has 0 aliphatic rings. The van der Waals surface area contributed by atoms with Gasteiger partial charge < -0.3 is 14.7 Å². The Morgan fingerprint density at radius 3 is 2.50 bits per heavy atom. The zero-order valence-electron chi connectivity index (χ0n) is 12.7. The molecule has 0 radical (unpaired) electrons. The number of amides is 2. The Balaban J connectivity index is 2.41. The third-order valence-electron chi connectivity index (χ3n) is 2.83. The number of nitrogens with zero attached hydrogens (tertiary/aromatic N) is 1. The number of primary amides is 1. The summed E-state index contributed by atoms with van der Waals surface area (Å²) in [4.78, 5) is 10.7. The summed E-state index contributed by atoms with van der Waals surface area (Å²) in [6, 6.07) is 11.5. The van der Waals surface area contributed by atoms with Gasteiger partial charge in [-0.25, -0.2) is 10.2 Å². The van der Waals surface area contributed by atoms with Gasteiger partial charge in [-0.2, -0.15) is 13.5 Å². The highest BCUT2D eigenvalue weighted by molar-refractivity contribution is 7.87. The number of hydrazone groups is 1. The van der Waals surface area contributed by atoms with Gasteiger partial charge in [-0.05, 0) is 24.3 Å². The number of para-hydroxylation sites is 1. The summed E-state index contributed by atoms with van der Waals surface area (Å²) < 4.78 is 35.1. The van der Waals surface area contributed by atoms with Crippen LogP contribution in [0.3, 0.4) is 0 Å². The van der Waals surface area contributed by atoms with Crippen molar-refractivity contribution in [3.8, 4) is 11.5 Å². The molecule has 0 heterocycles. The molecule has 0 spiro atoms. The number of rotatable bonds is 6. The summed E-state index contributed by atoms with van der Waals surface area (Å²) >= 11 is 0. The number of carbonyl (C=O) groups excluding carboxylic acids is 1. The number of benzene rings is 2. The highest BCUT2D eigenvalue weighted by atomic mass is 32.2. The van der Waals surface area contributed by atoms with Crippen LogP contribution in [0.2, 0.25) is 0 Å². The van der Waals surface area contributed by atoms with Crippen molar-refractivity contribution in [2.24, 2.45) is 10.8 Å². The molecule has 3 N–H and O–H groups in total. The third-order valence-corrected chi connectivity index (χ3v) is 4.07. The predicted molar refractivity (Wildman–Crippen MR) is 87.6 cm³/mol. The summed E-state index contributed by atoms with van der Waals surface area (Å²) in [7, 11) is -2.69. The average molecular weight is 349 g/mol. The van der Waals surface area contributed by atoms with Crippen molar-refractivity contribution in [3.63, 3.8) is 0 Å². The van der Waals surface area contributed by atoms with E-state index < -0.39 is 16.1 Å². The van der Waals surface area contributed by atoms with E-state index in [2.05, 4.69) is 5.10 Å². The Morgan fingerprint density at radius 2 is 1.88 bits per heavy atom. The molecule has 0 bridgehead atoms. The summed E-state index contributed by atoms with van der Waals surface area (Å²) in [6.45, 7) is 0. The molecular formula is C15H15N3O5S. The second-order valence-corrected chi connectivity index (χ2v) is 6.01. The van der Waals surface area contributed by atoms with Crippen LogP contribution in [0.1, 0.15) is 5.56 Å². The maximum absolute atomic E-state index is 12.4. The first-order chi connectivity index (χ1) is 11.4. The fourth-order valence-electron chi connectivity index (χ4n) is 1.79. The maximum Gasteiger partial charge on any atom is 0.339 e. The highest BCUT2D eigenvalue weighted by Crippen LogP contribution is 2.32. The van der Waals surface area contributed by atoms with Crippen molar-refractivity contribution in [3.05, 3.63) is 54.1 Å². The Morgan fingerprint density at radius 1 is 1.17 bits per heavy atom. The molecule has 0 aliphatic carbocycles. The van der Waals surface area contributed by atoms with Crippen molar-refractivity contribution in [1.29, 1.82) is 0 Å². The van der Waals surface area contributed by atoms with Crippen molar-refractivity contribution in [2.45, 2.75) is 4.90 Å². The number of methoxy groups -OCH3 is 1. The topological polar surface area (TPSA) is 120 Å². The van der Waals surface area contributed by atoms with E-state index in [-0.39, 0.29) is 22.0 Å². The second-order valence-electron chi connectivity index (χ2n) is 4.46. The Kier molecular flexibility index (Phi) is 5.38. The fourth-order valence-corrected chi connectivity index (χ4v) is 2.78. The summed E-state index contributed by atoms with van der Waals surface area (Å²) in [6.07, 6.45) is 1.20. The van der Waals surface area contributed by atoms with Crippen molar-refractivity contribution >= 4 is 22.4 Å². The van der Waals surface area contributed by atoms with Crippen LogP contribution in [0.5, 0.6) is 11.5 Å². The average Bonchev–Trinajstić information content (AvgIpc) is 2.56. The fraction of sp³-hybridized carbons (Fsp3) is 0.0667. The lowest BCUT2D eigenvalue weighted by Crippen LogP contribution is -2.24. The number of hydrogen-bond donors (Lipinski definition) is 2. The SMILES string of the molecule is COc1cccc(C=NNC(N)=O)c1OS(=O)(=O)c1ccccc1. The van der Waals surface area contributed by atoms with Crippen LogP contribution in [-0.4, -0.2) is 27.8 Å². The molecule has 0 aromatic heterocycles. The standard InChI is InChI=1S/C15H15N3O5S/c1-22-13-9-5-6-11(10-17-18-15(16)19)14(13)23-24(20,21)12-7-3-2-4-8-12/h2-10H,1H3,(H3,16,18,19). The molecule has 0 atom stereocenters. The second kappa shape index (κ2) is 7.47. The third kappa shape index (κ3) is 4.23. The monoisotopic (exact) mass is 349 g/mol. The first kappa shape index (κ1) is 17.3. The lowest BCUT2D eigenvalue weighted by Gasteiger charge is -2.13. The van der Waals surface area contributed by atoms with Crippen LogP contribution in [0.15, 0.2) is 58.5 Å². The van der Waals surface area contributed by atoms with Gasteiger partial charge in [0.15, 0.2) is 11.5 Å². The van der Waals surface area contributed by atoms with Crippen LogP contribution in [-0.2, 0) is 10.1 Å². The van der Waals surface area contributed by atoms with Gasteiger partial charge in [-0.3, -0.25) is 0 Å². The number of carbonyl (C=O) groups is 1. The zero-order chi connectivity index (χ0) is 17.6. The van der Waals surface area contributed by atoms with Crippen LogP contribution in [0.25, 0.3) is 0 Å².